The Bertz CT molecular complexity index is 460. The summed E-state index contributed by atoms with van der Waals surface area (Å²) in [5, 5.41) is 0. The van der Waals surface area contributed by atoms with Crippen LogP contribution < -0.4 is 0 Å². The minimum atomic E-state index is -0.174. The second-order valence-electron chi connectivity index (χ2n) is 5.94. The summed E-state index contributed by atoms with van der Waals surface area (Å²) in [7, 11) is 1.40. The van der Waals surface area contributed by atoms with Crippen LogP contribution in [0.15, 0.2) is 23.8 Å². The van der Waals surface area contributed by atoms with Crippen molar-refractivity contribution in [1.82, 2.24) is 0 Å². The number of Topliss-reactive ketones (excluding diaryl/α,β-unsaturated/α-hetero) is 1. The van der Waals surface area contributed by atoms with Gasteiger partial charge in [0.05, 0.1) is 13.2 Å². The third kappa shape index (κ3) is 6.28. The highest BCUT2D eigenvalue weighted by Gasteiger charge is 2.26. The maximum absolute atomic E-state index is 12.0. The Kier molecular flexibility index (Phi) is 7.49. The van der Waals surface area contributed by atoms with Crippen LogP contribution in [-0.4, -0.2) is 37.9 Å². The summed E-state index contributed by atoms with van der Waals surface area (Å²) in [6, 6.07) is 0. The van der Waals surface area contributed by atoms with Crippen molar-refractivity contribution in [2.45, 2.75) is 63.8 Å². The van der Waals surface area contributed by atoms with Crippen LogP contribution in [0.3, 0.4) is 0 Å². The van der Waals surface area contributed by atoms with Crippen LogP contribution in [0.25, 0.3) is 0 Å². The van der Waals surface area contributed by atoms with Crippen LogP contribution in [-0.2, 0) is 23.8 Å². The number of ether oxygens (including phenoxy) is 3. The van der Waals surface area contributed by atoms with Gasteiger partial charge in [0, 0.05) is 25.0 Å². The summed E-state index contributed by atoms with van der Waals surface area (Å²) in [6.45, 7) is 0.743. The number of hydrogen-bond donors (Lipinski definition) is 0. The van der Waals surface area contributed by atoms with Crippen LogP contribution in [0.5, 0.6) is 0 Å². The molecule has 0 N–H and O–H groups in total. The molecule has 0 aromatic heterocycles. The van der Waals surface area contributed by atoms with Gasteiger partial charge in [0.25, 0.3) is 0 Å². The molecule has 1 fully saturated rings. The van der Waals surface area contributed by atoms with E-state index in [1.54, 1.807) is 0 Å². The number of methoxy groups -OCH3 is 1. The first-order chi connectivity index (χ1) is 11.2. The van der Waals surface area contributed by atoms with E-state index in [4.69, 9.17) is 9.47 Å². The fraction of sp³-hybridized carbons (Fsp3) is 0.667. The number of rotatable bonds is 8. The first kappa shape index (κ1) is 17.9. The topological polar surface area (TPSA) is 61.8 Å². The van der Waals surface area contributed by atoms with Gasteiger partial charge in [-0.3, -0.25) is 9.59 Å². The predicted octanol–water partition coefficient (Wildman–Crippen LogP) is 3.09. The van der Waals surface area contributed by atoms with Gasteiger partial charge in [0.1, 0.15) is 0 Å². The summed E-state index contributed by atoms with van der Waals surface area (Å²) in [6.07, 6.45) is 11.9. The van der Waals surface area contributed by atoms with Gasteiger partial charge in [-0.2, -0.15) is 0 Å². The van der Waals surface area contributed by atoms with Gasteiger partial charge in [-0.1, -0.05) is 12.2 Å². The lowest BCUT2D eigenvalue weighted by Crippen LogP contribution is -2.26. The molecule has 2 atom stereocenters. The van der Waals surface area contributed by atoms with Crippen LogP contribution in [0, 0.1) is 0 Å². The number of allylic oxidation sites excluding steroid dienone is 3. The highest BCUT2D eigenvalue weighted by molar-refractivity contribution is 6.00. The minimum Gasteiger partial charge on any atom is -0.469 e. The number of esters is 1. The van der Waals surface area contributed by atoms with Gasteiger partial charge >= 0.3 is 5.97 Å². The van der Waals surface area contributed by atoms with Gasteiger partial charge in [0.15, 0.2) is 12.1 Å². The van der Waals surface area contributed by atoms with Crippen LogP contribution in [0.2, 0.25) is 0 Å². The summed E-state index contributed by atoms with van der Waals surface area (Å²) in [4.78, 5) is 23.0. The number of unbranched alkanes of at least 4 members (excludes halogenated alkanes) is 2. The summed E-state index contributed by atoms with van der Waals surface area (Å²) in [5.74, 6) is -0.0517. The van der Waals surface area contributed by atoms with Crippen molar-refractivity contribution < 1.29 is 23.8 Å². The molecule has 1 heterocycles. The zero-order valence-electron chi connectivity index (χ0n) is 13.8. The Hall–Kier alpha value is -1.46. The summed E-state index contributed by atoms with van der Waals surface area (Å²) >= 11 is 0. The molecule has 23 heavy (non-hydrogen) atoms. The van der Waals surface area contributed by atoms with Crippen molar-refractivity contribution in [3.63, 3.8) is 0 Å². The normalized spacial score (nSPS) is 24.9. The number of hydrogen-bond acceptors (Lipinski definition) is 5. The molecule has 5 nitrogen and oxygen atoms in total. The van der Waals surface area contributed by atoms with Gasteiger partial charge in [-0.15, -0.1) is 0 Å². The first-order valence-corrected chi connectivity index (χ1v) is 8.44. The zero-order valence-corrected chi connectivity index (χ0v) is 13.8. The van der Waals surface area contributed by atoms with E-state index in [1.807, 2.05) is 18.2 Å². The lowest BCUT2D eigenvalue weighted by atomic mass is 10.1. The zero-order chi connectivity index (χ0) is 16.5. The Morgan fingerprint density at radius 1 is 1.39 bits per heavy atom. The molecule has 1 aliphatic carbocycles. The highest BCUT2D eigenvalue weighted by atomic mass is 16.7. The molecule has 5 heteroatoms. The smallest absolute Gasteiger partial charge is 0.305 e. The molecule has 0 spiro atoms. The van der Waals surface area contributed by atoms with Crippen molar-refractivity contribution in [3.05, 3.63) is 23.8 Å². The highest BCUT2D eigenvalue weighted by Crippen LogP contribution is 2.23. The third-order valence-corrected chi connectivity index (χ3v) is 4.07. The minimum absolute atomic E-state index is 0.122. The number of ketones is 1. The molecule has 0 amide bonds. The van der Waals surface area contributed by atoms with E-state index in [0.717, 1.165) is 50.7 Å². The van der Waals surface area contributed by atoms with Crippen molar-refractivity contribution in [3.8, 4) is 0 Å². The van der Waals surface area contributed by atoms with E-state index in [-0.39, 0.29) is 24.1 Å². The van der Waals surface area contributed by atoms with E-state index in [9.17, 15) is 9.59 Å². The molecule has 2 rings (SSSR count). The molecule has 0 bridgehead atoms. The van der Waals surface area contributed by atoms with Crippen LogP contribution in [0.4, 0.5) is 0 Å². The van der Waals surface area contributed by atoms with E-state index in [2.05, 4.69) is 4.74 Å². The van der Waals surface area contributed by atoms with Gasteiger partial charge < -0.3 is 14.2 Å². The summed E-state index contributed by atoms with van der Waals surface area (Å²) < 4.78 is 16.0. The molecule has 128 valence electrons. The maximum Gasteiger partial charge on any atom is 0.305 e. The lowest BCUT2D eigenvalue weighted by molar-refractivity contribution is -0.178. The maximum atomic E-state index is 12.0. The molecule has 1 saturated heterocycles. The Morgan fingerprint density at radius 2 is 2.26 bits per heavy atom. The standard InChI is InChI=1S/C18H26O5/c1-21-17(20)9-5-3-2-4-8-14-12-15(13-16(14)19)23-18-10-6-7-11-22-18/h4,8,12,15,18H,2-3,5-7,9-11,13H2,1H3/b8-4-/t15-,18?/m0/s1. The second kappa shape index (κ2) is 9.63. The largest absolute Gasteiger partial charge is 0.469 e. The molecule has 0 saturated carbocycles. The molecule has 2 aliphatic rings. The lowest BCUT2D eigenvalue weighted by Gasteiger charge is -2.24. The fourth-order valence-corrected chi connectivity index (χ4v) is 2.75. The predicted molar refractivity (Wildman–Crippen MR) is 85.8 cm³/mol. The third-order valence-electron chi connectivity index (χ3n) is 4.07. The molecule has 0 aromatic rings. The van der Waals surface area contributed by atoms with Gasteiger partial charge in [0.2, 0.25) is 0 Å². The van der Waals surface area contributed by atoms with Crippen molar-refractivity contribution in [1.29, 1.82) is 0 Å². The van der Waals surface area contributed by atoms with E-state index in [1.165, 1.54) is 7.11 Å². The van der Waals surface area contributed by atoms with Gasteiger partial charge in [-0.05, 0) is 44.6 Å². The summed E-state index contributed by atoms with van der Waals surface area (Å²) in [5.41, 5.74) is 0.721. The number of carbonyl (C=O) groups excluding carboxylic acids is 2. The quantitative estimate of drug-likeness (QED) is 0.507. The molecular formula is C18H26O5. The van der Waals surface area contributed by atoms with E-state index in [0.29, 0.717) is 12.8 Å². The molecule has 0 radical (unpaired) electrons. The molecular weight excluding hydrogens is 296 g/mol. The van der Waals surface area contributed by atoms with E-state index >= 15 is 0 Å². The first-order valence-electron chi connectivity index (χ1n) is 8.44. The average molecular weight is 322 g/mol. The molecule has 1 unspecified atom stereocenters. The van der Waals surface area contributed by atoms with Crippen LogP contribution >= 0.6 is 0 Å². The average Bonchev–Trinajstić information content (AvgIpc) is 2.91. The van der Waals surface area contributed by atoms with Crippen molar-refractivity contribution >= 4 is 11.8 Å². The van der Waals surface area contributed by atoms with Crippen molar-refractivity contribution in [2.24, 2.45) is 0 Å². The van der Waals surface area contributed by atoms with E-state index < -0.39 is 0 Å². The Morgan fingerprint density at radius 3 is 3.00 bits per heavy atom. The monoisotopic (exact) mass is 322 g/mol. The molecule has 0 aromatic carbocycles. The molecule has 1 aliphatic heterocycles. The van der Waals surface area contributed by atoms with Gasteiger partial charge in [-0.25, -0.2) is 0 Å². The second-order valence-corrected chi connectivity index (χ2v) is 5.94. The number of carbonyl (C=O) groups is 2. The van der Waals surface area contributed by atoms with Crippen LogP contribution in [0.1, 0.15) is 51.4 Å². The Balaban J connectivity index is 1.69. The fourth-order valence-electron chi connectivity index (χ4n) is 2.75. The SMILES string of the molecule is COC(=O)CCCC/C=C\C1=C[C@H](OC2CCCCO2)CC1=O. The Labute approximate surface area is 137 Å². The van der Waals surface area contributed by atoms with Crippen molar-refractivity contribution in [2.75, 3.05) is 13.7 Å².